The molecular formula is C10H15ClN2O2S. The molecule has 3 N–H and O–H groups in total. The van der Waals surface area contributed by atoms with E-state index < -0.39 is 0 Å². The summed E-state index contributed by atoms with van der Waals surface area (Å²) in [5.74, 6) is 0. The topological polar surface area (TPSA) is 61.4 Å². The molecule has 1 aromatic heterocycles. The van der Waals surface area contributed by atoms with Crippen LogP contribution in [0.3, 0.4) is 0 Å². The van der Waals surface area contributed by atoms with Crippen LogP contribution in [-0.2, 0) is 6.42 Å². The van der Waals surface area contributed by atoms with Gasteiger partial charge in [0.05, 0.1) is 17.0 Å². The standard InChI is InChI=1S/C10H15ClN2O2S/c1-7(6-14)13-10(15)12-5-4-8-2-3-9(11)16-8/h2-3,7,14H,4-6H2,1H3,(H2,12,13,15)/t7-/m0/s1. The third-order valence-electron chi connectivity index (χ3n) is 1.94. The first-order valence-corrected chi connectivity index (χ1v) is 6.20. The van der Waals surface area contributed by atoms with E-state index in [0.717, 1.165) is 15.6 Å². The first-order valence-electron chi connectivity index (χ1n) is 5.01. The minimum Gasteiger partial charge on any atom is -0.394 e. The first kappa shape index (κ1) is 13.3. The highest BCUT2D eigenvalue weighted by molar-refractivity contribution is 7.16. The highest BCUT2D eigenvalue weighted by Crippen LogP contribution is 2.21. The summed E-state index contributed by atoms with van der Waals surface area (Å²) in [4.78, 5) is 12.4. The average molecular weight is 263 g/mol. The molecule has 1 aromatic rings. The van der Waals surface area contributed by atoms with Crippen molar-refractivity contribution in [3.63, 3.8) is 0 Å². The lowest BCUT2D eigenvalue weighted by molar-refractivity contribution is 0.220. The lowest BCUT2D eigenvalue weighted by Gasteiger charge is -2.11. The number of rotatable bonds is 5. The second-order valence-electron chi connectivity index (χ2n) is 3.44. The monoisotopic (exact) mass is 262 g/mol. The van der Waals surface area contributed by atoms with E-state index in [0.29, 0.717) is 6.54 Å². The van der Waals surface area contributed by atoms with Crippen LogP contribution in [0.5, 0.6) is 0 Å². The van der Waals surface area contributed by atoms with Crippen molar-refractivity contribution in [3.05, 3.63) is 21.3 Å². The van der Waals surface area contributed by atoms with Crippen LogP contribution >= 0.6 is 22.9 Å². The zero-order valence-corrected chi connectivity index (χ0v) is 10.6. The van der Waals surface area contributed by atoms with Gasteiger partial charge in [0.15, 0.2) is 0 Å². The molecule has 0 bridgehead atoms. The van der Waals surface area contributed by atoms with Crippen LogP contribution < -0.4 is 10.6 Å². The number of aliphatic hydroxyl groups excluding tert-OH is 1. The van der Waals surface area contributed by atoms with Crippen LogP contribution in [0.1, 0.15) is 11.8 Å². The number of aliphatic hydroxyl groups is 1. The molecule has 0 spiro atoms. The molecule has 0 aliphatic rings. The lowest BCUT2D eigenvalue weighted by Crippen LogP contribution is -2.42. The molecule has 6 heteroatoms. The molecule has 90 valence electrons. The number of halogens is 1. The molecule has 0 fully saturated rings. The van der Waals surface area contributed by atoms with Crippen LogP contribution in [0, 0.1) is 0 Å². The van der Waals surface area contributed by atoms with E-state index in [-0.39, 0.29) is 18.7 Å². The van der Waals surface area contributed by atoms with Gasteiger partial charge in [-0.25, -0.2) is 4.79 Å². The van der Waals surface area contributed by atoms with Gasteiger partial charge in [0.2, 0.25) is 0 Å². The van der Waals surface area contributed by atoms with Gasteiger partial charge in [-0.15, -0.1) is 11.3 Å². The Hall–Kier alpha value is -0.780. The summed E-state index contributed by atoms with van der Waals surface area (Å²) in [6, 6.07) is 3.30. The Morgan fingerprint density at radius 1 is 1.62 bits per heavy atom. The molecule has 16 heavy (non-hydrogen) atoms. The maximum absolute atomic E-state index is 11.3. The molecule has 1 atom stereocenters. The Morgan fingerprint density at radius 2 is 2.38 bits per heavy atom. The van der Waals surface area contributed by atoms with Gasteiger partial charge in [0, 0.05) is 11.4 Å². The van der Waals surface area contributed by atoms with Crippen LogP contribution in [-0.4, -0.2) is 30.3 Å². The molecule has 0 aromatic carbocycles. The summed E-state index contributed by atoms with van der Waals surface area (Å²) < 4.78 is 0.758. The highest BCUT2D eigenvalue weighted by atomic mass is 35.5. The number of amides is 2. The fourth-order valence-corrected chi connectivity index (χ4v) is 2.19. The third-order valence-corrected chi connectivity index (χ3v) is 3.23. The van der Waals surface area contributed by atoms with Crippen molar-refractivity contribution < 1.29 is 9.90 Å². The van der Waals surface area contributed by atoms with Gasteiger partial charge < -0.3 is 15.7 Å². The summed E-state index contributed by atoms with van der Waals surface area (Å²) in [7, 11) is 0. The Labute approximate surface area is 104 Å². The molecule has 4 nitrogen and oxygen atoms in total. The smallest absolute Gasteiger partial charge is 0.315 e. The molecule has 1 rings (SSSR count). The molecule has 0 saturated heterocycles. The molecule has 1 heterocycles. The summed E-state index contributed by atoms with van der Waals surface area (Å²) in [5, 5.41) is 14.0. The van der Waals surface area contributed by atoms with E-state index in [9.17, 15) is 4.79 Å². The van der Waals surface area contributed by atoms with E-state index in [4.69, 9.17) is 16.7 Å². The quantitative estimate of drug-likeness (QED) is 0.755. The van der Waals surface area contributed by atoms with E-state index in [1.165, 1.54) is 11.3 Å². The van der Waals surface area contributed by atoms with Gasteiger partial charge in [-0.2, -0.15) is 0 Å². The number of urea groups is 1. The minimum absolute atomic E-state index is 0.0616. The van der Waals surface area contributed by atoms with Gasteiger partial charge in [0.1, 0.15) is 0 Å². The molecule has 2 amide bonds. The molecule has 0 unspecified atom stereocenters. The highest BCUT2D eigenvalue weighted by Gasteiger charge is 2.05. The van der Waals surface area contributed by atoms with Crippen molar-refractivity contribution in [3.8, 4) is 0 Å². The first-order chi connectivity index (χ1) is 7.61. The van der Waals surface area contributed by atoms with Gasteiger partial charge in [0.25, 0.3) is 0 Å². The molecule has 0 aliphatic heterocycles. The Balaban J connectivity index is 2.18. The van der Waals surface area contributed by atoms with Crippen LogP contribution in [0.15, 0.2) is 12.1 Å². The second-order valence-corrected chi connectivity index (χ2v) is 5.24. The van der Waals surface area contributed by atoms with Crippen molar-refractivity contribution in [1.82, 2.24) is 10.6 Å². The summed E-state index contributed by atoms with van der Waals surface area (Å²) in [6.45, 7) is 2.23. The number of nitrogens with one attached hydrogen (secondary N) is 2. The fraction of sp³-hybridized carbons (Fsp3) is 0.500. The van der Waals surface area contributed by atoms with Crippen LogP contribution in [0.25, 0.3) is 0 Å². The largest absolute Gasteiger partial charge is 0.394 e. The molecular weight excluding hydrogens is 248 g/mol. The Bertz CT molecular complexity index is 343. The average Bonchev–Trinajstić information content (AvgIpc) is 2.64. The summed E-state index contributed by atoms with van der Waals surface area (Å²) in [5.41, 5.74) is 0. The maximum atomic E-state index is 11.3. The normalized spacial score (nSPS) is 12.2. The number of thiophene rings is 1. The fourth-order valence-electron chi connectivity index (χ4n) is 1.11. The lowest BCUT2D eigenvalue weighted by atomic mass is 10.3. The van der Waals surface area contributed by atoms with Gasteiger partial charge in [-0.3, -0.25) is 0 Å². The minimum atomic E-state index is -0.260. The predicted octanol–water partition coefficient (Wildman–Crippen LogP) is 1.62. The van der Waals surface area contributed by atoms with Crippen molar-refractivity contribution in [1.29, 1.82) is 0 Å². The van der Waals surface area contributed by atoms with Crippen LogP contribution in [0.4, 0.5) is 4.79 Å². The number of carbonyl (C=O) groups excluding carboxylic acids is 1. The number of carbonyl (C=O) groups is 1. The third kappa shape index (κ3) is 4.83. The zero-order valence-electron chi connectivity index (χ0n) is 9.00. The summed E-state index contributed by atoms with van der Waals surface area (Å²) >= 11 is 7.29. The predicted molar refractivity (Wildman–Crippen MR) is 66.1 cm³/mol. The second kappa shape index (κ2) is 6.73. The summed E-state index contributed by atoms with van der Waals surface area (Å²) in [6.07, 6.45) is 0.762. The van der Waals surface area contributed by atoms with Crippen molar-refractivity contribution >= 4 is 29.0 Å². The Kier molecular flexibility index (Phi) is 5.59. The molecule has 0 aliphatic carbocycles. The molecule has 0 saturated carbocycles. The van der Waals surface area contributed by atoms with Gasteiger partial charge in [-0.05, 0) is 25.5 Å². The molecule has 0 radical (unpaired) electrons. The maximum Gasteiger partial charge on any atom is 0.315 e. The van der Waals surface area contributed by atoms with Gasteiger partial charge >= 0.3 is 6.03 Å². The van der Waals surface area contributed by atoms with Crippen molar-refractivity contribution in [2.45, 2.75) is 19.4 Å². The van der Waals surface area contributed by atoms with Crippen molar-refractivity contribution in [2.24, 2.45) is 0 Å². The van der Waals surface area contributed by atoms with Crippen molar-refractivity contribution in [2.75, 3.05) is 13.2 Å². The van der Waals surface area contributed by atoms with Crippen LogP contribution in [0.2, 0.25) is 4.34 Å². The number of hydrogen-bond donors (Lipinski definition) is 3. The Morgan fingerprint density at radius 3 is 2.94 bits per heavy atom. The van der Waals surface area contributed by atoms with Gasteiger partial charge in [-0.1, -0.05) is 11.6 Å². The number of hydrogen-bond acceptors (Lipinski definition) is 3. The van der Waals surface area contributed by atoms with E-state index in [2.05, 4.69) is 10.6 Å². The van der Waals surface area contributed by atoms with E-state index >= 15 is 0 Å². The van der Waals surface area contributed by atoms with E-state index in [1.54, 1.807) is 6.92 Å². The zero-order chi connectivity index (χ0) is 12.0. The SMILES string of the molecule is C[C@@H](CO)NC(=O)NCCc1ccc(Cl)s1. The van der Waals surface area contributed by atoms with E-state index in [1.807, 2.05) is 12.1 Å².